The average Bonchev–Trinajstić information content (AvgIpc) is 3.05. The summed E-state index contributed by atoms with van der Waals surface area (Å²) in [7, 11) is 0. The molecule has 1 aromatic heterocycles. The molecule has 7 aromatic rings. The van der Waals surface area contributed by atoms with E-state index in [-0.39, 0.29) is 37.0 Å². The maximum Gasteiger partial charge on any atom is 0 e. The minimum atomic E-state index is -4.49. The van der Waals surface area contributed by atoms with Gasteiger partial charge in [-0.05, 0) is 19.4 Å². The summed E-state index contributed by atoms with van der Waals surface area (Å²) in [4.78, 5) is 14.6. The molecule has 0 amide bonds. The van der Waals surface area contributed by atoms with Crippen LogP contribution in [0, 0.1) is 6.07 Å². The maximum absolute atomic E-state index is 14.1. The Morgan fingerprint density at radius 2 is 1.34 bits per heavy atom. The van der Waals surface area contributed by atoms with E-state index in [2.05, 4.69) is 89.0 Å². The van der Waals surface area contributed by atoms with Crippen molar-refractivity contribution in [3.63, 3.8) is 0 Å². The molecule has 0 aliphatic carbocycles. The second-order valence-electron chi connectivity index (χ2n) is 13.3. The second kappa shape index (κ2) is 14.5. The van der Waals surface area contributed by atoms with Crippen molar-refractivity contribution in [2.24, 2.45) is 0 Å². The molecule has 6 aromatic carbocycles. The van der Waals surface area contributed by atoms with Crippen molar-refractivity contribution in [3.05, 3.63) is 133 Å². The largest absolute Gasteiger partial charge is 0 e. The Kier molecular flexibility index (Phi) is 10.7. The monoisotopic (exact) mass is 909 g/mol. The van der Waals surface area contributed by atoms with Gasteiger partial charge in [-0.2, -0.15) is 13.2 Å². The summed E-state index contributed by atoms with van der Waals surface area (Å²) < 4.78 is 43.6. The number of hydrogen-bond acceptors (Lipinski definition) is 3. The molecule has 0 saturated heterocycles. The van der Waals surface area contributed by atoms with E-state index in [1.807, 2.05) is 12.1 Å². The molecule has 0 aliphatic rings. The van der Waals surface area contributed by atoms with E-state index in [0.717, 1.165) is 32.3 Å². The Bertz CT molecular complexity index is 2410. The van der Waals surface area contributed by atoms with Gasteiger partial charge >= 0.3 is 157 Å². The fourth-order valence-corrected chi connectivity index (χ4v) is 8.70. The summed E-state index contributed by atoms with van der Waals surface area (Å²) in [5.41, 5.74) is 2.52. The van der Waals surface area contributed by atoms with Gasteiger partial charge in [-0.15, -0.1) is 23.6 Å². The second-order valence-corrected chi connectivity index (χ2v) is 23.9. The molecule has 0 unspecified atom stereocenters. The van der Waals surface area contributed by atoms with Crippen LogP contribution in [0.4, 0.5) is 13.2 Å². The van der Waals surface area contributed by atoms with Gasteiger partial charge in [0.1, 0.15) is 0 Å². The zero-order valence-corrected chi connectivity index (χ0v) is 32.7. The van der Waals surface area contributed by atoms with Crippen molar-refractivity contribution >= 4 is 66.5 Å². The number of halogens is 3. The molecule has 1 radical (unpaired) electrons. The Morgan fingerprint density at radius 3 is 1.98 bits per heavy atom. The van der Waals surface area contributed by atoms with Crippen molar-refractivity contribution in [2.45, 2.75) is 37.3 Å². The summed E-state index contributed by atoms with van der Waals surface area (Å²) >= 11 is -1.87. The van der Waals surface area contributed by atoms with E-state index >= 15 is 0 Å². The number of aliphatic hydroxyl groups excluding tert-OH is 1. The van der Waals surface area contributed by atoms with Gasteiger partial charge < -0.3 is 5.11 Å². The van der Waals surface area contributed by atoms with Gasteiger partial charge in [0, 0.05) is 38.1 Å². The molecule has 1 heterocycles. The van der Waals surface area contributed by atoms with Crippen molar-refractivity contribution in [1.29, 1.82) is 0 Å². The molecular weight excluding hydrogens is 872 g/mol. The fourth-order valence-electron chi connectivity index (χ4n) is 6.26. The van der Waals surface area contributed by atoms with Crippen LogP contribution < -0.4 is 4.40 Å². The molecular formula is C42H35F3GeIrNO2-. The number of carbonyl (C=O) groups is 1. The third kappa shape index (κ3) is 7.70. The summed E-state index contributed by atoms with van der Waals surface area (Å²) in [6, 6.07) is 36.6. The van der Waals surface area contributed by atoms with E-state index in [0.29, 0.717) is 16.6 Å². The molecule has 8 heteroatoms. The molecule has 0 atom stereocenters. The van der Waals surface area contributed by atoms with Crippen LogP contribution in [0.15, 0.2) is 121 Å². The molecule has 3 nitrogen and oxygen atoms in total. The third-order valence-electron chi connectivity index (χ3n) is 8.59. The molecule has 7 rings (SSSR count). The number of aliphatic hydroxyl groups is 1. The number of aromatic nitrogens is 1. The molecule has 0 saturated carbocycles. The number of rotatable bonds is 4. The molecule has 0 spiro atoms. The number of fused-ring (bicyclic) bond motifs is 6. The number of allylic oxidation sites excluding steroid dienone is 2. The summed E-state index contributed by atoms with van der Waals surface area (Å²) in [5.74, 6) is 7.14. The van der Waals surface area contributed by atoms with Crippen LogP contribution in [0.2, 0.25) is 17.3 Å². The molecule has 1 N–H and O–H groups in total. The van der Waals surface area contributed by atoms with Gasteiger partial charge in [-0.25, -0.2) is 0 Å². The van der Waals surface area contributed by atoms with Crippen LogP contribution in [0.1, 0.15) is 19.4 Å². The molecule has 255 valence electrons. The summed E-state index contributed by atoms with van der Waals surface area (Å²) in [5, 5.41) is 15.1. The Labute approximate surface area is 305 Å². The Hall–Kier alpha value is -4.30. The molecule has 0 fully saturated rings. The number of carbonyl (C=O) groups excluding carboxylic acids is 1. The van der Waals surface area contributed by atoms with Crippen molar-refractivity contribution in [3.8, 4) is 22.4 Å². The normalized spacial score (nSPS) is 12.1. The quantitative estimate of drug-likeness (QED) is 0.0629. The van der Waals surface area contributed by atoms with Crippen molar-refractivity contribution in [2.75, 3.05) is 0 Å². The maximum atomic E-state index is 14.1. The van der Waals surface area contributed by atoms with E-state index in [4.69, 9.17) is 5.11 Å². The number of pyridine rings is 1. The topological polar surface area (TPSA) is 50.2 Å². The summed E-state index contributed by atoms with van der Waals surface area (Å²) in [6.07, 6.45) is -1.65. The number of ketones is 1. The van der Waals surface area contributed by atoms with Crippen molar-refractivity contribution < 1.29 is 43.2 Å². The minimum absolute atomic E-state index is 0. The zero-order valence-electron chi connectivity index (χ0n) is 28.2. The van der Waals surface area contributed by atoms with Crippen LogP contribution in [-0.2, 0) is 31.1 Å². The van der Waals surface area contributed by atoms with E-state index < -0.39 is 25.0 Å². The number of benzene rings is 6. The van der Waals surface area contributed by atoms with Crippen LogP contribution in [0.25, 0.3) is 65.5 Å². The Balaban J connectivity index is 0.000000553. The van der Waals surface area contributed by atoms with Crippen LogP contribution in [0.3, 0.4) is 0 Å². The Morgan fingerprint density at radius 1 is 0.740 bits per heavy atom. The van der Waals surface area contributed by atoms with Gasteiger partial charge in [0.15, 0.2) is 5.78 Å². The van der Waals surface area contributed by atoms with Crippen molar-refractivity contribution in [1.82, 2.24) is 4.98 Å². The van der Waals surface area contributed by atoms with Crippen LogP contribution in [-0.4, -0.2) is 29.1 Å². The first kappa shape index (κ1) is 37.0. The number of alkyl halides is 3. The zero-order chi connectivity index (χ0) is 35.1. The standard InChI is InChI=1S/C37H27F3GeN.C5H8O2.Ir/c1-41(2,3)28-12-8-23(9-13-28)24-10-14-29-26(20-24)11-15-32-31(29)16-17-34-33(32)18-19-42-36(34)27-21-25-6-4-5-7-30(25)35(22-27)37(38,39)40;1-4(6)3-5(2)7;/h4-20,22H,1-3H3;3,6H,1-2H3;/q-1;;/b;4-3-;. The predicted octanol–water partition coefficient (Wildman–Crippen LogP) is 11.4. The van der Waals surface area contributed by atoms with Gasteiger partial charge in [0.25, 0.3) is 0 Å². The smallest absolute Gasteiger partial charge is 0 e. The van der Waals surface area contributed by atoms with Gasteiger partial charge in [-0.3, -0.25) is 9.78 Å². The summed E-state index contributed by atoms with van der Waals surface area (Å²) in [6.45, 7) is 2.85. The first-order chi connectivity index (χ1) is 23.2. The van der Waals surface area contributed by atoms with Gasteiger partial charge in [0.2, 0.25) is 0 Å². The van der Waals surface area contributed by atoms with Crippen LogP contribution in [0.5, 0.6) is 0 Å². The van der Waals surface area contributed by atoms with Gasteiger partial charge in [0.05, 0.1) is 5.76 Å². The minimum Gasteiger partial charge on any atom is 0 e. The first-order valence-electron chi connectivity index (χ1n) is 16.0. The number of nitrogens with zero attached hydrogens (tertiary/aromatic N) is 1. The third-order valence-corrected chi connectivity index (χ3v) is 12.9. The number of hydrogen-bond donors (Lipinski definition) is 1. The average molecular weight is 908 g/mol. The fraction of sp³-hybridized carbons (Fsp3) is 0.143. The van der Waals surface area contributed by atoms with Gasteiger partial charge in [-0.1, -0.05) is 29.1 Å². The molecule has 50 heavy (non-hydrogen) atoms. The van der Waals surface area contributed by atoms with Crippen LogP contribution >= 0.6 is 0 Å². The predicted molar refractivity (Wildman–Crippen MR) is 199 cm³/mol. The molecule has 0 aliphatic heterocycles. The first-order valence-corrected chi connectivity index (χ1v) is 23.3. The van der Waals surface area contributed by atoms with E-state index in [1.54, 1.807) is 24.4 Å². The van der Waals surface area contributed by atoms with E-state index in [9.17, 15) is 18.0 Å². The SMILES string of the molecule is CC(=O)/C=C(/C)O.[CH3][Ge]([CH3])([CH3])[c]1ccc(-c2ccc3c(ccc4c5ccnc(-c6[c-]c7ccccc7c(C(F)(F)F)c6)c5ccc34)c2)cc1.[Ir]. The molecule has 0 bridgehead atoms. The van der Waals surface area contributed by atoms with E-state index in [1.165, 1.54) is 47.6 Å².